The number of ketones is 1. The van der Waals surface area contributed by atoms with E-state index in [1.165, 1.54) is 0 Å². The fraction of sp³-hybridized carbons (Fsp3) is 0.500. The quantitative estimate of drug-likeness (QED) is 0.822. The van der Waals surface area contributed by atoms with E-state index in [0.29, 0.717) is 19.0 Å². The van der Waals surface area contributed by atoms with Crippen molar-refractivity contribution in [3.63, 3.8) is 0 Å². The first-order valence-electron chi connectivity index (χ1n) is 5.94. The van der Waals surface area contributed by atoms with Gasteiger partial charge in [-0.05, 0) is 42.7 Å². The number of Topliss-reactive ketones (excluding diaryl/α,β-unsaturated/α-hetero) is 1. The Morgan fingerprint density at radius 1 is 1.35 bits per heavy atom. The third-order valence-corrected chi connectivity index (χ3v) is 2.85. The zero-order chi connectivity index (χ0) is 13.0. The summed E-state index contributed by atoms with van der Waals surface area (Å²) < 4.78 is 0. The van der Waals surface area contributed by atoms with E-state index in [0.717, 1.165) is 16.7 Å². The minimum absolute atomic E-state index is 0.145. The van der Waals surface area contributed by atoms with Crippen LogP contribution in [0.5, 0.6) is 5.75 Å². The van der Waals surface area contributed by atoms with E-state index < -0.39 is 0 Å². The lowest BCUT2D eigenvalue weighted by molar-refractivity contribution is -0.117. The Morgan fingerprint density at radius 3 is 2.59 bits per heavy atom. The zero-order valence-corrected chi connectivity index (χ0v) is 11.0. The fourth-order valence-corrected chi connectivity index (χ4v) is 1.69. The van der Waals surface area contributed by atoms with Crippen molar-refractivity contribution in [2.45, 2.75) is 40.2 Å². The maximum Gasteiger partial charge on any atom is 0.150 e. The molecule has 1 aromatic carbocycles. The second kappa shape index (κ2) is 5.82. The summed E-state index contributed by atoms with van der Waals surface area (Å²) in [5.41, 5.74) is 3.02. The zero-order valence-electron chi connectivity index (χ0n) is 11.0. The highest BCUT2D eigenvalue weighted by Crippen LogP contribution is 2.21. The van der Waals surface area contributed by atoms with E-state index >= 15 is 0 Å². The van der Waals surface area contributed by atoms with Crippen LogP contribution in [0, 0.1) is 13.8 Å². The highest BCUT2D eigenvalue weighted by Gasteiger charge is 2.09. The van der Waals surface area contributed by atoms with E-state index in [2.05, 4.69) is 5.32 Å². The summed E-state index contributed by atoms with van der Waals surface area (Å²) in [6.07, 6.45) is 0.376. The van der Waals surface area contributed by atoms with E-state index in [4.69, 9.17) is 0 Å². The summed E-state index contributed by atoms with van der Waals surface area (Å²) in [7, 11) is 0. The molecule has 94 valence electrons. The number of phenolic OH excluding ortho intramolecular Hbond substituents is 1. The van der Waals surface area contributed by atoms with Crippen molar-refractivity contribution in [1.29, 1.82) is 0 Å². The highest BCUT2D eigenvalue weighted by molar-refractivity contribution is 5.83. The van der Waals surface area contributed by atoms with Crippen LogP contribution in [-0.2, 0) is 11.2 Å². The van der Waals surface area contributed by atoms with Crippen LogP contribution < -0.4 is 5.32 Å². The van der Waals surface area contributed by atoms with Gasteiger partial charge in [0.15, 0.2) is 5.78 Å². The van der Waals surface area contributed by atoms with Crippen molar-refractivity contribution in [3.8, 4) is 5.75 Å². The van der Waals surface area contributed by atoms with Crippen LogP contribution >= 0.6 is 0 Å². The Labute approximate surface area is 103 Å². The highest BCUT2D eigenvalue weighted by atomic mass is 16.3. The van der Waals surface area contributed by atoms with Gasteiger partial charge in [-0.15, -0.1) is 0 Å². The molecule has 1 aromatic rings. The van der Waals surface area contributed by atoms with E-state index in [1.807, 2.05) is 27.7 Å². The van der Waals surface area contributed by atoms with Crippen molar-refractivity contribution >= 4 is 5.78 Å². The maximum absolute atomic E-state index is 11.7. The summed E-state index contributed by atoms with van der Waals surface area (Å²) in [5.74, 6) is 0.375. The molecule has 0 bridgehead atoms. The molecule has 0 saturated heterocycles. The molecule has 0 saturated carbocycles. The second-order valence-electron chi connectivity index (χ2n) is 4.80. The molecule has 17 heavy (non-hydrogen) atoms. The molecule has 3 nitrogen and oxygen atoms in total. The average Bonchev–Trinajstić information content (AvgIpc) is 2.22. The Hall–Kier alpha value is -1.35. The molecular formula is C14H21NO2. The van der Waals surface area contributed by atoms with Crippen LogP contribution in [0.3, 0.4) is 0 Å². The standard InChI is InChI=1S/C14H21NO2/c1-9(2)15-8-14(17)7-12-6-13(16)5-10(3)11(12)4/h5-6,9,15-16H,7-8H2,1-4H3. The van der Waals surface area contributed by atoms with Gasteiger partial charge in [-0.1, -0.05) is 13.8 Å². The van der Waals surface area contributed by atoms with Crippen LogP contribution in [0.25, 0.3) is 0 Å². The van der Waals surface area contributed by atoms with Gasteiger partial charge >= 0.3 is 0 Å². The van der Waals surface area contributed by atoms with Crippen molar-refractivity contribution in [2.75, 3.05) is 6.54 Å². The van der Waals surface area contributed by atoms with E-state index in [9.17, 15) is 9.90 Å². The molecule has 1 rings (SSSR count). The van der Waals surface area contributed by atoms with E-state index in [-0.39, 0.29) is 11.5 Å². The van der Waals surface area contributed by atoms with Gasteiger partial charge in [-0.25, -0.2) is 0 Å². The third kappa shape index (κ3) is 4.19. The molecule has 0 heterocycles. The lowest BCUT2D eigenvalue weighted by Gasteiger charge is -2.11. The summed E-state index contributed by atoms with van der Waals surface area (Å²) in [6.45, 7) is 8.32. The number of hydrogen-bond acceptors (Lipinski definition) is 3. The van der Waals surface area contributed by atoms with Gasteiger partial charge in [0.1, 0.15) is 5.75 Å². The van der Waals surface area contributed by atoms with Crippen LogP contribution in [0.15, 0.2) is 12.1 Å². The topological polar surface area (TPSA) is 49.3 Å². The minimum Gasteiger partial charge on any atom is -0.508 e. The van der Waals surface area contributed by atoms with Gasteiger partial charge in [0.2, 0.25) is 0 Å². The number of carbonyl (C=O) groups is 1. The van der Waals surface area contributed by atoms with Gasteiger partial charge in [-0.2, -0.15) is 0 Å². The predicted molar refractivity (Wildman–Crippen MR) is 69.4 cm³/mol. The Balaban J connectivity index is 2.71. The Morgan fingerprint density at radius 2 is 2.00 bits per heavy atom. The van der Waals surface area contributed by atoms with Crippen LogP contribution in [-0.4, -0.2) is 23.5 Å². The number of hydrogen-bond donors (Lipinski definition) is 2. The number of aromatic hydroxyl groups is 1. The van der Waals surface area contributed by atoms with Crippen molar-refractivity contribution in [3.05, 3.63) is 28.8 Å². The lowest BCUT2D eigenvalue weighted by Crippen LogP contribution is -2.30. The molecule has 0 aliphatic heterocycles. The van der Waals surface area contributed by atoms with Gasteiger partial charge in [0.25, 0.3) is 0 Å². The summed E-state index contributed by atoms with van der Waals surface area (Å²) >= 11 is 0. The van der Waals surface area contributed by atoms with Crippen LogP contribution in [0.4, 0.5) is 0 Å². The molecule has 0 fully saturated rings. The van der Waals surface area contributed by atoms with Crippen molar-refractivity contribution < 1.29 is 9.90 Å². The van der Waals surface area contributed by atoms with Gasteiger partial charge in [0, 0.05) is 12.5 Å². The first kappa shape index (κ1) is 13.7. The van der Waals surface area contributed by atoms with Crippen molar-refractivity contribution in [1.82, 2.24) is 5.32 Å². The van der Waals surface area contributed by atoms with Gasteiger partial charge in [0.05, 0.1) is 6.54 Å². The molecule has 0 aliphatic carbocycles. The molecule has 0 aromatic heterocycles. The Bertz CT molecular complexity index is 411. The maximum atomic E-state index is 11.7. The normalized spacial score (nSPS) is 10.9. The lowest BCUT2D eigenvalue weighted by atomic mass is 9.98. The fourth-order valence-electron chi connectivity index (χ4n) is 1.69. The molecule has 0 unspecified atom stereocenters. The molecule has 0 spiro atoms. The number of rotatable bonds is 5. The summed E-state index contributed by atoms with van der Waals surface area (Å²) in [4.78, 5) is 11.7. The molecule has 2 N–H and O–H groups in total. The number of carbonyl (C=O) groups excluding carboxylic acids is 1. The average molecular weight is 235 g/mol. The largest absolute Gasteiger partial charge is 0.508 e. The third-order valence-electron chi connectivity index (χ3n) is 2.85. The predicted octanol–water partition coefficient (Wildman–Crippen LogP) is 2.12. The van der Waals surface area contributed by atoms with Crippen molar-refractivity contribution in [2.24, 2.45) is 0 Å². The number of benzene rings is 1. The number of phenols is 1. The Kier molecular flexibility index (Phi) is 4.70. The number of nitrogens with one attached hydrogen (secondary N) is 1. The van der Waals surface area contributed by atoms with Crippen LogP contribution in [0.1, 0.15) is 30.5 Å². The molecule has 0 amide bonds. The SMILES string of the molecule is Cc1cc(O)cc(CC(=O)CNC(C)C)c1C. The molecule has 3 heteroatoms. The molecule has 0 aliphatic rings. The van der Waals surface area contributed by atoms with Gasteiger partial charge in [-0.3, -0.25) is 4.79 Å². The van der Waals surface area contributed by atoms with E-state index in [1.54, 1.807) is 12.1 Å². The van der Waals surface area contributed by atoms with Gasteiger partial charge < -0.3 is 10.4 Å². The molecular weight excluding hydrogens is 214 g/mol. The second-order valence-corrected chi connectivity index (χ2v) is 4.80. The smallest absolute Gasteiger partial charge is 0.150 e. The summed E-state index contributed by atoms with van der Waals surface area (Å²) in [5, 5.41) is 12.6. The molecule has 0 radical (unpaired) electrons. The summed E-state index contributed by atoms with van der Waals surface area (Å²) in [6, 6.07) is 3.71. The monoisotopic (exact) mass is 235 g/mol. The minimum atomic E-state index is 0.145. The van der Waals surface area contributed by atoms with Crippen LogP contribution in [0.2, 0.25) is 0 Å². The molecule has 0 atom stereocenters. The number of aryl methyl sites for hydroxylation is 1. The first-order chi connectivity index (χ1) is 7.90. The first-order valence-corrected chi connectivity index (χ1v) is 5.94.